The van der Waals surface area contributed by atoms with Crippen LogP contribution in [0.2, 0.25) is 0 Å². The van der Waals surface area contributed by atoms with Crippen LogP contribution < -0.4 is 11.2 Å². The van der Waals surface area contributed by atoms with Crippen molar-refractivity contribution in [1.82, 2.24) is 9.55 Å². The predicted octanol–water partition coefficient (Wildman–Crippen LogP) is 2.44. The number of aromatic nitrogens is 2. The van der Waals surface area contributed by atoms with Crippen molar-refractivity contribution in [3.63, 3.8) is 0 Å². The van der Waals surface area contributed by atoms with Crippen molar-refractivity contribution in [2.45, 2.75) is 39.2 Å². The van der Waals surface area contributed by atoms with Crippen LogP contribution in [0.4, 0.5) is 0 Å². The minimum atomic E-state index is -0.580. The molecule has 0 spiro atoms. The lowest BCUT2D eigenvalue weighted by atomic mass is 9.94. The van der Waals surface area contributed by atoms with Gasteiger partial charge in [0, 0.05) is 5.54 Å². The molecule has 112 valence electrons. The van der Waals surface area contributed by atoms with E-state index in [1.54, 1.807) is 24.3 Å². The van der Waals surface area contributed by atoms with Gasteiger partial charge in [-0.05, 0) is 25.3 Å². The molecule has 0 radical (unpaired) electrons. The lowest BCUT2D eigenvalue weighted by Gasteiger charge is -2.30. The van der Waals surface area contributed by atoms with Gasteiger partial charge < -0.3 is 5.11 Å². The Balaban J connectivity index is 2.82. The summed E-state index contributed by atoms with van der Waals surface area (Å²) in [5.74, 6) is -0.277. The average Bonchev–Trinajstić information content (AvgIpc) is 2.47. The van der Waals surface area contributed by atoms with Gasteiger partial charge in [0.25, 0.3) is 5.56 Å². The zero-order valence-corrected chi connectivity index (χ0v) is 12.5. The minimum Gasteiger partial charge on any atom is -0.494 e. The molecule has 2 N–H and O–H groups in total. The molecular weight excluding hydrogens is 268 g/mol. The highest BCUT2D eigenvalue weighted by Crippen LogP contribution is 2.31. The molecule has 2 aromatic rings. The van der Waals surface area contributed by atoms with Crippen molar-refractivity contribution in [1.29, 1.82) is 0 Å². The molecule has 0 amide bonds. The molecule has 0 aliphatic heterocycles. The summed E-state index contributed by atoms with van der Waals surface area (Å²) in [4.78, 5) is 26.6. The van der Waals surface area contributed by atoms with Crippen molar-refractivity contribution >= 4 is 0 Å². The van der Waals surface area contributed by atoms with Crippen molar-refractivity contribution in [2.75, 3.05) is 0 Å². The molecule has 1 aromatic heterocycles. The van der Waals surface area contributed by atoms with E-state index in [2.05, 4.69) is 4.98 Å². The zero-order chi connectivity index (χ0) is 15.6. The molecule has 0 saturated heterocycles. The second kappa shape index (κ2) is 5.60. The summed E-state index contributed by atoms with van der Waals surface area (Å²) in [5, 5.41) is 10.5. The average molecular weight is 288 g/mol. The van der Waals surface area contributed by atoms with Crippen molar-refractivity contribution < 1.29 is 5.11 Å². The number of nitrogens with one attached hydrogen (secondary N) is 1. The Morgan fingerprint density at radius 2 is 1.71 bits per heavy atom. The van der Waals surface area contributed by atoms with Crippen molar-refractivity contribution in [2.24, 2.45) is 0 Å². The molecule has 5 nitrogen and oxygen atoms in total. The van der Waals surface area contributed by atoms with E-state index in [-0.39, 0.29) is 11.4 Å². The van der Waals surface area contributed by atoms with Crippen molar-refractivity contribution in [3.05, 3.63) is 51.2 Å². The normalized spacial score (nSPS) is 11.6. The zero-order valence-electron chi connectivity index (χ0n) is 12.5. The van der Waals surface area contributed by atoms with Crippen LogP contribution in [0.15, 0.2) is 39.9 Å². The Morgan fingerprint density at radius 3 is 2.24 bits per heavy atom. The SMILES string of the molecule is CCC(C)(CC)n1c(O)c(-c2ccccc2)c(=O)[nH]c1=O. The summed E-state index contributed by atoms with van der Waals surface area (Å²) in [6, 6.07) is 8.85. The highest BCUT2D eigenvalue weighted by molar-refractivity contribution is 5.67. The maximum atomic E-state index is 12.2. The predicted molar refractivity (Wildman–Crippen MR) is 82.7 cm³/mol. The van der Waals surface area contributed by atoms with Gasteiger partial charge >= 0.3 is 5.69 Å². The first-order valence-corrected chi connectivity index (χ1v) is 7.08. The molecule has 1 heterocycles. The molecule has 5 heteroatoms. The van der Waals surface area contributed by atoms with E-state index in [1.165, 1.54) is 4.57 Å². The number of hydrogen-bond acceptors (Lipinski definition) is 3. The minimum absolute atomic E-state index is 0.128. The van der Waals surface area contributed by atoms with Gasteiger partial charge in [0.05, 0.1) is 0 Å². The van der Waals surface area contributed by atoms with Crippen LogP contribution in [0, 0.1) is 0 Å². The summed E-state index contributed by atoms with van der Waals surface area (Å²) >= 11 is 0. The topological polar surface area (TPSA) is 75.1 Å². The molecule has 0 fully saturated rings. The molecule has 0 aliphatic rings. The van der Waals surface area contributed by atoms with Gasteiger partial charge in [0.15, 0.2) is 0 Å². The Hall–Kier alpha value is -2.30. The lowest BCUT2D eigenvalue weighted by Crippen LogP contribution is -2.42. The second-order valence-electron chi connectivity index (χ2n) is 5.36. The van der Waals surface area contributed by atoms with Crippen LogP contribution in [0.25, 0.3) is 11.1 Å². The molecule has 1 aromatic carbocycles. The highest BCUT2D eigenvalue weighted by atomic mass is 16.3. The first kappa shape index (κ1) is 15.1. The number of aromatic amines is 1. The molecule has 0 atom stereocenters. The van der Waals surface area contributed by atoms with Crippen LogP contribution in [0.5, 0.6) is 5.88 Å². The third-order valence-electron chi connectivity index (χ3n) is 4.21. The Morgan fingerprint density at radius 1 is 1.14 bits per heavy atom. The van der Waals surface area contributed by atoms with Crippen LogP contribution in [-0.2, 0) is 5.54 Å². The molecule has 0 bridgehead atoms. The van der Waals surface area contributed by atoms with Crippen LogP contribution in [-0.4, -0.2) is 14.7 Å². The smallest absolute Gasteiger partial charge is 0.331 e. The maximum Gasteiger partial charge on any atom is 0.331 e. The van der Waals surface area contributed by atoms with Gasteiger partial charge in [0.2, 0.25) is 5.88 Å². The van der Waals surface area contributed by atoms with Gasteiger partial charge in [-0.1, -0.05) is 44.2 Å². The van der Waals surface area contributed by atoms with Crippen molar-refractivity contribution in [3.8, 4) is 17.0 Å². The number of aromatic hydroxyl groups is 1. The number of nitrogens with zero attached hydrogens (tertiary/aromatic N) is 1. The number of hydrogen-bond donors (Lipinski definition) is 2. The number of rotatable bonds is 4. The van der Waals surface area contributed by atoms with E-state index in [0.29, 0.717) is 18.4 Å². The Kier molecular flexibility index (Phi) is 4.02. The van der Waals surface area contributed by atoms with E-state index in [1.807, 2.05) is 26.8 Å². The van der Waals surface area contributed by atoms with Crippen LogP contribution in [0.1, 0.15) is 33.6 Å². The van der Waals surface area contributed by atoms with E-state index in [4.69, 9.17) is 0 Å². The summed E-state index contributed by atoms with van der Waals surface area (Å²) in [5.41, 5.74) is -0.990. The van der Waals surface area contributed by atoms with E-state index in [9.17, 15) is 14.7 Å². The molecule has 0 unspecified atom stereocenters. The number of H-pyrrole nitrogens is 1. The van der Waals surface area contributed by atoms with Gasteiger partial charge in [-0.15, -0.1) is 0 Å². The molecule has 21 heavy (non-hydrogen) atoms. The Labute approximate surface area is 122 Å². The van der Waals surface area contributed by atoms with Crippen LogP contribution in [0.3, 0.4) is 0 Å². The fourth-order valence-corrected chi connectivity index (χ4v) is 2.46. The largest absolute Gasteiger partial charge is 0.494 e. The second-order valence-corrected chi connectivity index (χ2v) is 5.36. The van der Waals surface area contributed by atoms with Gasteiger partial charge in [0.1, 0.15) is 5.56 Å². The first-order valence-electron chi connectivity index (χ1n) is 7.08. The number of benzene rings is 1. The first-order chi connectivity index (χ1) is 9.94. The van der Waals surface area contributed by atoms with Gasteiger partial charge in [-0.3, -0.25) is 14.3 Å². The third kappa shape index (κ3) is 2.51. The highest BCUT2D eigenvalue weighted by Gasteiger charge is 2.29. The summed E-state index contributed by atoms with van der Waals surface area (Å²) in [6.45, 7) is 5.78. The quantitative estimate of drug-likeness (QED) is 0.907. The van der Waals surface area contributed by atoms with E-state index in [0.717, 1.165) is 0 Å². The van der Waals surface area contributed by atoms with Gasteiger partial charge in [-0.25, -0.2) is 4.79 Å². The van der Waals surface area contributed by atoms with Gasteiger partial charge in [-0.2, -0.15) is 0 Å². The fourth-order valence-electron chi connectivity index (χ4n) is 2.46. The summed E-state index contributed by atoms with van der Waals surface area (Å²) < 4.78 is 1.29. The fraction of sp³-hybridized carbons (Fsp3) is 0.375. The molecule has 2 rings (SSSR count). The third-order valence-corrected chi connectivity index (χ3v) is 4.21. The standard InChI is InChI=1S/C16H20N2O3/c1-4-16(3,5-2)18-14(20)12(13(19)17-15(18)21)11-9-7-6-8-10-11/h6-10,20H,4-5H2,1-3H3,(H,17,19,21). The summed E-state index contributed by atoms with van der Waals surface area (Å²) in [6.07, 6.45) is 1.33. The molecular formula is C16H20N2O3. The van der Waals surface area contributed by atoms with E-state index >= 15 is 0 Å². The Bertz CT molecular complexity index is 740. The maximum absolute atomic E-state index is 12.2. The molecule has 0 aliphatic carbocycles. The van der Waals surface area contributed by atoms with Crippen LogP contribution >= 0.6 is 0 Å². The monoisotopic (exact) mass is 288 g/mol. The lowest BCUT2D eigenvalue weighted by molar-refractivity contribution is 0.244. The summed E-state index contributed by atoms with van der Waals surface area (Å²) in [7, 11) is 0. The molecule has 0 saturated carbocycles. The van der Waals surface area contributed by atoms with E-state index < -0.39 is 16.8 Å².